The zero-order chi connectivity index (χ0) is 15.2. The van der Waals surface area contributed by atoms with E-state index in [4.69, 9.17) is 11.6 Å². The van der Waals surface area contributed by atoms with E-state index in [9.17, 15) is 13.2 Å². The molecule has 0 bridgehead atoms. The van der Waals surface area contributed by atoms with Crippen molar-refractivity contribution < 1.29 is 13.2 Å². The number of aryl methyl sites for hydroxylation is 1. The summed E-state index contributed by atoms with van der Waals surface area (Å²) in [5.74, 6) is -0.197. The van der Waals surface area contributed by atoms with Crippen LogP contribution in [0.3, 0.4) is 0 Å². The molecule has 0 spiro atoms. The third-order valence-electron chi connectivity index (χ3n) is 2.96. The van der Waals surface area contributed by atoms with Crippen LogP contribution >= 0.6 is 22.9 Å². The van der Waals surface area contributed by atoms with E-state index in [-0.39, 0.29) is 16.6 Å². The molecule has 0 radical (unpaired) electrons. The molecule has 1 aliphatic rings. The highest BCUT2D eigenvalue weighted by Gasteiger charge is 2.34. The van der Waals surface area contributed by atoms with E-state index in [0.29, 0.717) is 15.6 Å². The Morgan fingerprint density at radius 3 is 2.90 bits per heavy atom. The molecule has 2 aromatic rings. The summed E-state index contributed by atoms with van der Waals surface area (Å²) in [7, 11) is -3.87. The Balaban J connectivity index is 2.13. The van der Waals surface area contributed by atoms with Gasteiger partial charge in [0.2, 0.25) is 5.91 Å². The fraction of sp³-hybridized carbons (Fsp3) is 0.167. The Morgan fingerprint density at radius 2 is 2.24 bits per heavy atom. The van der Waals surface area contributed by atoms with Gasteiger partial charge in [0.05, 0.1) is 10.0 Å². The molecule has 1 aliphatic heterocycles. The minimum absolute atomic E-state index is 0.0938. The van der Waals surface area contributed by atoms with Gasteiger partial charge in [-0.3, -0.25) is 4.79 Å². The Labute approximate surface area is 130 Å². The highest BCUT2D eigenvalue weighted by atomic mass is 35.5. The summed E-state index contributed by atoms with van der Waals surface area (Å²) < 4.78 is 26.9. The summed E-state index contributed by atoms with van der Waals surface area (Å²) in [5.41, 5.74) is 1.06. The topological polar surface area (TPSA) is 79.4 Å². The average Bonchev–Trinajstić information content (AvgIpc) is 2.78. The first kappa shape index (κ1) is 14.3. The number of rotatable bonds is 2. The van der Waals surface area contributed by atoms with Gasteiger partial charge in [0.1, 0.15) is 10.8 Å². The Bertz CT molecular complexity index is 813. The van der Waals surface area contributed by atoms with Crippen molar-refractivity contribution in [3.8, 4) is 0 Å². The van der Waals surface area contributed by atoms with Gasteiger partial charge in [-0.15, -0.1) is 11.3 Å². The molecule has 6 nitrogen and oxygen atoms in total. The van der Waals surface area contributed by atoms with Crippen molar-refractivity contribution >= 4 is 50.4 Å². The average molecular weight is 344 g/mol. The molecule has 0 atom stereocenters. The van der Waals surface area contributed by atoms with Gasteiger partial charge in [-0.05, 0) is 30.7 Å². The van der Waals surface area contributed by atoms with Crippen molar-refractivity contribution in [2.75, 3.05) is 16.2 Å². The van der Waals surface area contributed by atoms with Crippen LogP contribution in [0, 0.1) is 6.92 Å². The molecule has 3 rings (SSSR count). The van der Waals surface area contributed by atoms with Crippen LogP contribution in [-0.2, 0) is 14.8 Å². The molecule has 0 aliphatic carbocycles. The first-order valence-electron chi connectivity index (χ1n) is 5.93. The van der Waals surface area contributed by atoms with Gasteiger partial charge in [-0.25, -0.2) is 17.7 Å². The smallest absolute Gasteiger partial charge is 0.275 e. The second kappa shape index (κ2) is 4.97. The number of thiophene rings is 1. The maximum absolute atomic E-state index is 12.7. The summed E-state index contributed by atoms with van der Waals surface area (Å²) in [6.07, 6.45) is 1.48. The molecule has 9 heteroatoms. The molecule has 1 amide bonds. The third-order valence-corrected chi connectivity index (χ3v) is 6.70. The molecule has 110 valence electrons. The molecule has 0 aromatic carbocycles. The molecule has 0 fully saturated rings. The third kappa shape index (κ3) is 2.39. The maximum Gasteiger partial charge on any atom is 0.275 e. The minimum atomic E-state index is -3.87. The normalized spacial score (nSPS) is 14.8. The number of nitrogens with one attached hydrogen (secondary N) is 1. The van der Waals surface area contributed by atoms with Gasteiger partial charge in [0.15, 0.2) is 5.82 Å². The maximum atomic E-state index is 12.7. The SMILES string of the molecule is Cc1cc(S(=O)(=O)N2CC(=O)Nc3cccnc32)sc1Cl. The number of pyridine rings is 1. The van der Waals surface area contributed by atoms with Crippen molar-refractivity contribution in [3.05, 3.63) is 34.3 Å². The molecule has 1 N–H and O–H groups in total. The Morgan fingerprint density at radius 1 is 1.48 bits per heavy atom. The second-order valence-electron chi connectivity index (χ2n) is 4.46. The molecule has 0 saturated carbocycles. The van der Waals surface area contributed by atoms with E-state index in [1.807, 2.05) is 0 Å². The van der Waals surface area contributed by atoms with Crippen LogP contribution in [0.2, 0.25) is 4.34 Å². The number of hydrogen-bond acceptors (Lipinski definition) is 5. The van der Waals surface area contributed by atoms with Crippen molar-refractivity contribution in [3.63, 3.8) is 0 Å². The number of hydrogen-bond donors (Lipinski definition) is 1. The van der Waals surface area contributed by atoms with E-state index < -0.39 is 15.9 Å². The van der Waals surface area contributed by atoms with Gasteiger partial charge in [0.25, 0.3) is 10.0 Å². The van der Waals surface area contributed by atoms with E-state index >= 15 is 0 Å². The summed E-state index contributed by atoms with van der Waals surface area (Å²) in [6.45, 7) is 1.42. The number of fused-ring (bicyclic) bond motifs is 1. The lowest BCUT2D eigenvalue weighted by molar-refractivity contribution is -0.115. The lowest BCUT2D eigenvalue weighted by Gasteiger charge is -2.28. The van der Waals surface area contributed by atoms with Crippen LogP contribution in [-0.4, -0.2) is 25.9 Å². The standard InChI is InChI=1S/C12H10ClN3O3S2/c1-7-5-10(20-11(7)13)21(18,19)16-6-9(17)15-8-3-2-4-14-12(8)16/h2-5H,6H2,1H3,(H,15,17). The van der Waals surface area contributed by atoms with Crippen LogP contribution in [0.25, 0.3) is 0 Å². The number of carbonyl (C=O) groups excluding carboxylic acids is 1. The highest BCUT2D eigenvalue weighted by molar-refractivity contribution is 7.94. The predicted molar refractivity (Wildman–Crippen MR) is 81.5 cm³/mol. The van der Waals surface area contributed by atoms with Crippen LogP contribution in [0.4, 0.5) is 11.5 Å². The van der Waals surface area contributed by atoms with Crippen molar-refractivity contribution in [1.29, 1.82) is 0 Å². The first-order valence-corrected chi connectivity index (χ1v) is 8.56. The number of anilines is 2. The number of halogens is 1. The van der Waals surface area contributed by atoms with Crippen LogP contribution in [0.15, 0.2) is 28.6 Å². The predicted octanol–water partition coefficient (Wildman–Crippen LogP) is 2.25. The van der Waals surface area contributed by atoms with E-state index in [0.717, 1.165) is 15.6 Å². The van der Waals surface area contributed by atoms with E-state index in [1.165, 1.54) is 12.3 Å². The van der Waals surface area contributed by atoms with Gasteiger partial charge in [0, 0.05) is 6.20 Å². The van der Waals surface area contributed by atoms with Crippen molar-refractivity contribution in [2.45, 2.75) is 11.1 Å². The number of nitrogens with zero attached hydrogens (tertiary/aromatic N) is 2. The zero-order valence-corrected chi connectivity index (χ0v) is 13.2. The van der Waals surface area contributed by atoms with Crippen LogP contribution < -0.4 is 9.62 Å². The van der Waals surface area contributed by atoms with Gasteiger partial charge in [-0.2, -0.15) is 0 Å². The van der Waals surface area contributed by atoms with Gasteiger partial charge in [-0.1, -0.05) is 11.6 Å². The summed E-state index contributed by atoms with van der Waals surface area (Å²) in [6, 6.07) is 4.73. The Hall–Kier alpha value is -1.64. The minimum Gasteiger partial charge on any atom is -0.321 e. The number of amides is 1. The number of carbonyl (C=O) groups is 1. The fourth-order valence-electron chi connectivity index (χ4n) is 1.95. The molecule has 21 heavy (non-hydrogen) atoms. The molecule has 0 saturated heterocycles. The quantitative estimate of drug-likeness (QED) is 0.907. The summed E-state index contributed by atoms with van der Waals surface area (Å²) >= 11 is 6.91. The van der Waals surface area contributed by atoms with Crippen LogP contribution in [0.5, 0.6) is 0 Å². The van der Waals surface area contributed by atoms with Crippen LogP contribution in [0.1, 0.15) is 5.56 Å². The van der Waals surface area contributed by atoms with E-state index in [2.05, 4.69) is 10.3 Å². The lowest BCUT2D eigenvalue weighted by Crippen LogP contribution is -2.42. The molecule has 0 unspecified atom stereocenters. The first-order chi connectivity index (χ1) is 9.89. The highest BCUT2D eigenvalue weighted by Crippen LogP contribution is 2.36. The molecular weight excluding hydrogens is 334 g/mol. The monoisotopic (exact) mass is 343 g/mol. The fourth-order valence-corrected chi connectivity index (χ4v) is 5.17. The van der Waals surface area contributed by atoms with Gasteiger partial charge < -0.3 is 5.32 Å². The summed E-state index contributed by atoms with van der Waals surface area (Å²) in [4.78, 5) is 15.8. The zero-order valence-electron chi connectivity index (χ0n) is 10.8. The molecule has 3 heterocycles. The second-order valence-corrected chi connectivity index (χ2v) is 8.20. The largest absolute Gasteiger partial charge is 0.321 e. The Kier molecular flexibility index (Phi) is 3.39. The summed E-state index contributed by atoms with van der Waals surface area (Å²) in [5, 5.41) is 2.60. The number of sulfonamides is 1. The van der Waals surface area contributed by atoms with Crippen molar-refractivity contribution in [2.24, 2.45) is 0 Å². The van der Waals surface area contributed by atoms with E-state index in [1.54, 1.807) is 19.1 Å². The van der Waals surface area contributed by atoms with Gasteiger partial charge >= 0.3 is 0 Å². The molecular formula is C12H10ClN3O3S2. The van der Waals surface area contributed by atoms with Crippen molar-refractivity contribution in [1.82, 2.24) is 4.98 Å². The number of aromatic nitrogens is 1. The lowest BCUT2D eigenvalue weighted by atomic mass is 10.3. The molecule has 2 aromatic heterocycles.